The van der Waals surface area contributed by atoms with E-state index in [1.807, 2.05) is 42.5 Å². The second kappa shape index (κ2) is 7.24. The molecule has 3 aromatic carbocycles. The molecule has 30 heavy (non-hydrogen) atoms. The summed E-state index contributed by atoms with van der Waals surface area (Å²) in [4.78, 5) is 24.9. The molecule has 6 heteroatoms. The van der Waals surface area contributed by atoms with Crippen molar-refractivity contribution >= 4 is 22.4 Å². The summed E-state index contributed by atoms with van der Waals surface area (Å²) in [5, 5.41) is 9.37. The third kappa shape index (κ3) is 3.07. The SMILES string of the molecule is NN(C(=O)C1Cc2ccccc2C1)c1ccc(-c2n[nH]c(=O)c3ccccc23)cc1. The molecular formula is C24H20N4O2. The molecule has 1 aliphatic carbocycles. The molecule has 0 fully saturated rings. The number of benzene rings is 3. The van der Waals surface area contributed by atoms with Crippen molar-refractivity contribution < 1.29 is 4.79 Å². The van der Waals surface area contributed by atoms with Crippen molar-refractivity contribution in [2.24, 2.45) is 11.8 Å². The number of carbonyl (C=O) groups is 1. The van der Waals surface area contributed by atoms with Crippen LogP contribution in [0.15, 0.2) is 77.6 Å². The van der Waals surface area contributed by atoms with Crippen molar-refractivity contribution in [1.82, 2.24) is 10.2 Å². The fraction of sp³-hybridized carbons (Fsp3) is 0.125. The number of hydrogen-bond donors (Lipinski definition) is 2. The van der Waals surface area contributed by atoms with Crippen LogP contribution in [0.4, 0.5) is 5.69 Å². The minimum Gasteiger partial charge on any atom is -0.273 e. The number of hydrogen-bond acceptors (Lipinski definition) is 4. The second-order valence-electron chi connectivity index (χ2n) is 7.58. The zero-order chi connectivity index (χ0) is 20.7. The lowest BCUT2D eigenvalue weighted by atomic mass is 10.0. The summed E-state index contributed by atoms with van der Waals surface area (Å²) in [6, 6.07) is 22.8. The molecule has 1 amide bonds. The van der Waals surface area contributed by atoms with Gasteiger partial charge >= 0.3 is 0 Å². The predicted molar refractivity (Wildman–Crippen MR) is 117 cm³/mol. The highest BCUT2D eigenvalue weighted by Gasteiger charge is 2.30. The van der Waals surface area contributed by atoms with Gasteiger partial charge in [-0.05, 0) is 42.2 Å². The van der Waals surface area contributed by atoms with Crippen LogP contribution in [0.1, 0.15) is 11.1 Å². The Morgan fingerprint density at radius 1 is 0.900 bits per heavy atom. The molecule has 148 valence electrons. The summed E-state index contributed by atoms with van der Waals surface area (Å²) in [6.45, 7) is 0. The minimum absolute atomic E-state index is 0.0911. The van der Waals surface area contributed by atoms with Gasteiger partial charge in [0, 0.05) is 16.9 Å². The van der Waals surface area contributed by atoms with Gasteiger partial charge in [0.15, 0.2) is 0 Å². The molecule has 0 saturated heterocycles. The van der Waals surface area contributed by atoms with Crippen molar-refractivity contribution in [3.8, 4) is 11.3 Å². The van der Waals surface area contributed by atoms with E-state index >= 15 is 0 Å². The maximum absolute atomic E-state index is 12.9. The van der Waals surface area contributed by atoms with Gasteiger partial charge in [-0.3, -0.25) is 9.59 Å². The number of nitrogens with two attached hydrogens (primary N) is 1. The van der Waals surface area contributed by atoms with Crippen LogP contribution in [0.5, 0.6) is 0 Å². The zero-order valence-corrected chi connectivity index (χ0v) is 16.2. The topological polar surface area (TPSA) is 92.1 Å². The lowest BCUT2D eigenvalue weighted by Gasteiger charge is -2.20. The average molecular weight is 396 g/mol. The number of H-pyrrole nitrogens is 1. The quantitative estimate of drug-likeness (QED) is 0.316. The van der Waals surface area contributed by atoms with Crippen LogP contribution >= 0.6 is 0 Å². The van der Waals surface area contributed by atoms with Gasteiger partial charge in [0.05, 0.1) is 16.8 Å². The van der Waals surface area contributed by atoms with E-state index in [1.165, 1.54) is 16.1 Å². The third-order valence-electron chi connectivity index (χ3n) is 5.75. The van der Waals surface area contributed by atoms with E-state index in [0.717, 1.165) is 10.9 Å². The first kappa shape index (κ1) is 18.3. The largest absolute Gasteiger partial charge is 0.273 e. The number of anilines is 1. The van der Waals surface area contributed by atoms with Gasteiger partial charge < -0.3 is 0 Å². The van der Waals surface area contributed by atoms with Gasteiger partial charge in [0.2, 0.25) is 5.91 Å². The Hall–Kier alpha value is -3.77. The molecule has 0 atom stereocenters. The third-order valence-corrected chi connectivity index (χ3v) is 5.75. The predicted octanol–water partition coefficient (Wildman–Crippen LogP) is 3.21. The molecular weight excluding hydrogens is 376 g/mol. The van der Waals surface area contributed by atoms with E-state index in [1.54, 1.807) is 18.2 Å². The lowest BCUT2D eigenvalue weighted by molar-refractivity contribution is -0.122. The Balaban J connectivity index is 1.40. The normalized spacial score (nSPS) is 13.4. The molecule has 0 aliphatic heterocycles. The molecule has 6 nitrogen and oxygen atoms in total. The lowest BCUT2D eigenvalue weighted by Crippen LogP contribution is -2.42. The first-order chi connectivity index (χ1) is 14.6. The van der Waals surface area contributed by atoms with Crippen molar-refractivity contribution in [2.75, 3.05) is 5.01 Å². The maximum Gasteiger partial charge on any atom is 0.272 e. The van der Waals surface area contributed by atoms with E-state index in [-0.39, 0.29) is 17.4 Å². The fourth-order valence-electron chi connectivity index (χ4n) is 4.17. The van der Waals surface area contributed by atoms with Crippen LogP contribution in [-0.4, -0.2) is 16.1 Å². The van der Waals surface area contributed by atoms with Gasteiger partial charge in [0.1, 0.15) is 0 Å². The van der Waals surface area contributed by atoms with E-state index < -0.39 is 0 Å². The minimum atomic E-state index is -0.220. The summed E-state index contributed by atoms with van der Waals surface area (Å²) in [6.07, 6.45) is 1.43. The van der Waals surface area contributed by atoms with Crippen LogP contribution in [-0.2, 0) is 17.6 Å². The molecule has 1 aromatic heterocycles. The number of nitrogens with one attached hydrogen (secondary N) is 1. The number of hydrazine groups is 1. The number of carbonyl (C=O) groups excluding carboxylic acids is 1. The molecule has 3 N–H and O–H groups in total. The van der Waals surface area contributed by atoms with Crippen molar-refractivity contribution in [3.63, 3.8) is 0 Å². The molecule has 0 radical (unpaired) electrons. The molecule has 0 saturated carbocycles. The van der Waals surface area contributed by atoms with Crippen LogP contribution in [0.2, 0.25) is 0 Å². The first-order valence-corrected chi connectivity index (χ1v) is 9.85. The molecule has 5 rings (SSSR count). The van der Waals surface area contributed by atoms with Gasteiger partial charge in [-0.2, -0.15) is 5.10 Å². The van der Waals surface area contributed by atoms with Crippen LogP contribution in [0.25, 0.3) is 22.0 Å². The van der Waals surface area contributed by atoms with Crippen molar-refractivity contribution in [2.45, 2.75) is 12.8 Å². The van der Waals surface area contributed by atoms with E-state index in [2.05, 4.69) is 22.3 Å². The number of fused-ring (bicyclic) bond motifs is 2. The van der Waals surface area contributed by atoms with E-state index in [4.69, 9.17) is 5.84 Å². The van der Waals surface area contributed by atoms with Crippen LogP contribution in [0, 0.1) is 5.92 Å². The maximum atomic E-state index is 12.9. The van der Waals surface area contributed by atoms with Crippen molar-refractivity contribution in [1.29, 1.82) is 0 Å². The number of amides is 1. The van der Waals surface area contributed by atoms with Crippen molar-refractivity contribution in [3.05, 3.63) is 94.3 Å². The molecule has 0 unspecified atom stereocenters. The van der Waals surface area contributed by atoms with Crippen LogP contribution < -0.4 is 16.4 Å². The Morgan fingerprint density at radius 2 is 1.50 bits per heavy atom. The molecule has 0 spiro atoms. The van der Waals surface area contributed by atoms with Crippen LogP contribution in [0.3, 0.4) is 0 Å². The Morgan fingerprint density at radius 3 is 2.17 bits per heavy atom. The monoisotopic (exact) mass is 396 g/mol. The average Bonchev–Trinajstić information content (AvgIpc) is 3.23. The standard InChI is InChI=1S/C24H20N4O2/c25-28(24(30)18-13-16-5-1-2-6-17(16)14-18)19-11-9-15(10-12-19)22-20-7-3-4-8-21(20)23(29)27-26-22/h1-12,18H,13-14,25H2,(H,27,29). The number of rotatable bonds is 3. The summed E-state index contributed by atoms with van der Waals surface area (Å²) < 4.78 is 0. The summed E-state index contributed by atoms with van der Waals surface area (Å²) in [7, 11) is 0. The van der Waals surface area contributed by atoms with Gasteiger partial charge in [-0.25, -0.2) is 16.0 Å². The molecule has 0 bridgehead atoms. The smallest absolute Gasteiger partial charge is 0.272 e. The summed E-state index contributed by atoms with van der Waals surface area (Å²) >= 11 is 0. The number of nitrogens with zero attached hydrogens (tertiary/aromatic N) is 2. The Kier molecular flexibility index (Phi) is 4.41. The fourth-order valence-corrected chi connectivity index (χ4v) is 4.17. The highest BCUT2D eigenvalue weighted by molar-refractivity contribution is 5.96. The second-order valence-corrected chi connectivity index (χ2v) is 7.58. The summed E-state index contributed by atoms with van der Waals surface area (Å²) in [5.74, 6) is 5.94. The molecule has 1 heterocycles. The highest BCUT2D eigenvalue weighted by Crippen LogP contribution is 2.30. The number of aromatic amines is 1. The highest BCUT2D eigenvalue weighted by atomic mass is 16.2. The Bertz CT molecular complexity index is 1290. The molecule has 1 aliphatic rings. The van der Waals surface area contributed by atoms with E-state index in [9.17, 15) is 9.59 Å². The number of aromatic nitrogens is 2. The van der Waals surface area contributed by atoms with E-state index in [0.29, 0.717) is 29.6 Å². The first-order valence-electron chi connectivity index (χ1n) is 9.85. The molecule has 4 aromatic rings. The van der Waals surface area contributed by atoms with Gasteiger partial charge in [-0.1, -0.05) is 54.6 Å². The summed E-state index contributed by atoms with van der Waals surface area (Å²) in [5.41, 5.74) is 4.35. The van der Waals surface area contributed by atoms with Gasteiger partial charge in [0.25, 0.3) is 5.56 Å². The van der Waals surface area contributed by atoms with Gasteiger partial charge in [-0.15, -0.1) is 0 Å². The Labute approximate surface area is 172 Å². The zero-order valence-electron chi connectivity index (χ0n) is 16.2.